The molecule has 0 amide bonds. The van der Waals surface area contributed by atoms with Crippen LogP contribution in [0.25, 0.3) is 22.8 Å². The van der Waals surface area contributed by atoms with E-state index in [1.165, 1.54) is 0 Å². The summed E-state index contributed by atoms with van der Waals surface area (Å²) in [7, 11) is 0. The Bertz CT molecular complexity index is 1290. The molecule has 1 N–H and O–H groups in total. The Morgan fingerprint density at radius 3 is 2.59 bits per heavy atom. The van der Waals surface area contributed by atoms with E-state index < -0.39 is 5.69 Å². The lowest BCUT2D eigenvalue weighted by Gasteiger charge is -2.14. The molecule has 0 bridgehead atoms. The first kappa shape index (κ1) is 23.4. The molecule has 2 heterocycles. The van der Waals surface area contributed by atoms with Crippen LogP contribution < -0.4 is 15.2 Å². The average molecular weight is 477 g/mol. The molecular weight excluding hydrogens is 452 g/mol. The van der Waals surface area contributed by atoms with E-state index in [-0.39, 0.29) is 24.4 Å². The Balaban J connectivity index is 1.63. The molecular formula is C26H25ClN4O3. The van der Waals surface area contributed by atoms with Crippen molar-refractivity contribution in [2.75, 3.05) is 0 Å². The minimum Gasteiger partial charge on any atom is -0.491 e. The summed E-state index contributed by atoms with van der Waals surface area (Å²) in [6.07, 6.45) is 3.86. The van der Waals surface area contributed by atoms with Crippen LogP contribution >= 0.6 is 11.6 Å². The van der Waals surface area contributed by atoms with Gasteiger partial charge >= 0.3 is 5.69 Å². The van der Waals surface area contributed by atoms with Gasteiger partial charge in [0.25, 0.3) is 0 Å². The van der Waals surface area contributed by atoms with Crippen LogP contribution in [0.15, 0.2) is 71.7 Å². The molecule has 0 spiro atoms. The topological polar surface area (TPSA) is 90.0 Å². The zero-order valence-electron chi connectivity index (χ0n) is 19.0. The smallest absolute Gasteiger partial charge is 0.348 e. The molecule has 1 atom stereocenters. The van der Waals surface area contributed by atoms with Crippen molar-refractivity contribution < 1.29 is 9.47 Å². The highest BCUT2D eigenvalue weighted by Crippen LogP contribution is 2.35. The number of benzene rings is 2. The number of halogens is 1. The fraction of sp³-hybridized carbons (Fsp3) is 0.231. The van der Waals surface area contributed by atoms with Gasteiger partial charge in [0.1, 0.15) is 23.9 Å². The Labute approximate surface area is 202 Å². The molecule has 0 aliphatic rings. The molecule has 0 saturated heterocycles. The maximum atomic E-state index is 12.4. The molecule has 0 radical (unpaired) electrons. The molecule has 7 nitrogen and oxygen atoms in total. The number of ether oxygens (including phenoxy) is 2. The summed E-state index contributed by atoms with van der Waals surface area (Å²) in [5.41, 5.74) is 1.40. The molecule has 0 aliphatic heterocycles. The Kier molecular flexibility index (Phi) is 7.54. The highest BCUT2D eigenvalue weighted by Gasteiger charge is 2.16. The number of nitrogens with one attached hydrogen (secondary N) is 1. The van der Waals surface area contributed by atoms with Gasteiger partial charge in [-0.3, -0.25) is 9.97 Å². The van der Waals surface area contributed by atoms with Crippen LogP contribution in [0.3, 0.4) is 0 Å². The fourth-order valence-electron chi connectivity index (χ4n) is 3.50. The number of H-pyrrole nitrogens is 1. The molecule has 4 aromatic rings. The number of aromatic amines is 1. The van der Waals surface area contributed by atoms with Crippen molar-refractivity contribution in [1.29, 1.82) is 0 Å². The fourth-order valence-corrected chi connectivity index (χ4v) is 3.76. The molecule has 0 fully saturated rings. The summed E-state index contributed by atoms with van der Waals surface area (Å²) in [5, 5.41) is 0.396. The first-order chi connectivity index (χ1) is 16.5. The maximum Gasteiger partial charge on any atom is 0.348 e. The summed E-state index contributed by atoms with van der Waals surface area (Å²) in [4.78, 5) is 28.0. The van der Waals surface area contributed by atoms with Gasteiger partial charge in [0.2, 0.25) is 0 Å². The van der Waals surface area contributed by atoms with Gasteiger partial charge in [0.15, 0.2) is 5.82 Å². The third-order valence-electron chi connectivity index (χ3n) is 5.11. The van der Waals surface area contributed by atoms with Crippen LogP contribution in [0, 0.1) is 0 Å². The van der Waals surface area contributed by atoms with E-state index in [4.69, 9.17) is 21.1 Å². The highest BCUT2D eigenvalue weighted by atomic mass is 35.5. The Morgan fingerprint density at radius 2 is 1.85 bits per heavy atom. The number of aromatic nitrogens is 4. The normalized spacial score (nSPS) is 11.7. The molecule has 0 unspecified atom stereocenters. The van der Waals surface area contributed by atoms with E-state index >= 15 is 0 Å². The Hall–Kier alpha value is -3.71. The quantitative estimate of drug-likeness (QED) is 0.333. The lowest BCUT2D eigenvalue weighted by atomic mass is 10.1. The van der Waals surface area contributed by atoms with Crippen LogP contribution in [0.1, 0.15) is 32.4 Å². The van der Waals surface area contributed by atoms with Gasteiger partial charge in [-0.2, -0.15) is 4.98 Å². The van der Waals surface area contributed by atoms with Gasteiger partial charge in [-0.1, -0.05) is 37.1 Å². The number of rotatable bonds is 9. The molecule has 0 aliphatic carbocycles. The van der Waals surface area contributed by atoms with Crippen LogP contribution in [0.2, 0.25) is 5.02 Å². The van der Waals surface area contributed by atoms with E-state index in [9.17, 15) is 4.79 Å². The minimum atomic E-state index is -0.535. The number of hydrogen-bond donors (Lipinski definition) is 1. The first-order valence-electron chi connectivity index (χ1n) is 11.1. The average Bonchev–Trinajstić information content (AvgIpc) is 2.83. The predicted molar refractivity (Wildman–Crippen MR) is 132 cm³/mol. The monoisotopic (exact) mass is 476 g/mol. The van der Waals surface area contributed by atoms with E-state index in [2.05, 4.69) is 26.9 Å². The molecule has 2 aromatic carbocycles. The van der Waals surface area contributed by atoms with Crippen LogP contribution in [-0.2, 0) is 6.61 Å². The molecule has 0 saturated carbocycles. The predicted octanol–water partition coefficient (Wildman–Crippen LogP) is 5.69. The van der Waals surface area contributed by atoms with Gasteiger partial charge < -0.3 is 9.47 Å². The van der Waals surface area contributed by atoms with Gasteiger partial charge in [-0.15, -0.1) is 0 Å². The van der Waals surface area contributed by atoms with Gasteiger partial charge in [-0.25, -0.2) is 9.78 Å². The van der Waals surface area contributed by atoms with Crippen molar-refractivity contribution in [3.63, 3.8) is 0 Å². The zero-order valence-corrected chi connectivity index (χ0v) is 19.7. The molecule has 174 valence electrons. The summed E-state index contributed by atoms with van der Waals surface area (Å²) < 4.78 is 11.9. The summed E-state index contributed by atoms with van der Waals surface area (Å²) in [6, 6.07) is 18.2. The number of hydrogen-bond acceptors (Lipinski definition) is 6. The second-order valence-corrected chi connectivity index (χ2v) is 8.20. The van der Waals surface area contributed by atoms with Gasteiger partial charge in [0.05, 0.1) is 22.4 Å². The minimum absolute atomic E-state index is 0.128. The largest absolute Gasteiger partial charge is 0.491 e. The number of nitrogens with zero attached hydrogens (tertiary/aromatic N) is 3. The lowest BCUT2D eigenvalue weighted by molar-refractivity contribution is 0.210. The maximum absolute atomic E-state index is 12.4. The van der Waals surface area contributed by atoms with Crippen molar-refractivity contribution in [2.24, 2.45) is 0 Å². The third kappa shape index (κ3) is 5.80. The van der Waals surface area contributed by atoms with E-state index in [0.29, 0.717) is 21.9 Å². The van der Waals surface area contributed by atoms with E-state index in [0.717, 1.165) is 24.3 Å². The third-order valence-corrected chi connectivity index (χ3v) is 5.42. The Morgan fingerprint density at radius 1 is 1.03 bits per heavy atom. The van der Waals surface area contributed by atoms with Crippen molar-refractivity contribution in [1.82, 2.24) is 19.9 Å². The molecule has 34 heavy (non-hydrogen) atoms. The second kappa shape index (κ2) is 10.9. The van der Waals surface area contributed by atoms with Crippen molar-refractivity contribution in [2.45, 2.75) is 39.4 Å². The number of pyridine rings is 1. The van der Waals surface area contributed by atoms with Crippen LogP contribution in [0.4, 0.5) is 0 Å². The van der Waals surface area contributed by atoms with Gasteiger partial charge in [0, 0.05) is 11.8 Å². The first-order valence-corrected chi connectivity index (χ1v) is 11.5. The van der Waals surface area contributed by atoms with Gasteiger partial charge in [-0.05, 0) is 61.9 Å². The highest BCUT2D eigenvalue weighted by molar-refractivity contribution is 6.33. The zero-order chi connectivity index (χ0) is 23.9. The van der Waals surface area contributed by atoms with Crippen molar-refractivity contribution in [3.05, 3.63) is 88.1 Å². The summed E-state index contributed by atoms with van der Waals surface area (Å²) in [5.74, 6) is 1.79. The van der Waals surface area contributed by atoms with Crippen LogP contribution in [0.5, 0.6) is 11.5 Å². The molecule has 4 rings (SSSR count). The SMILES string of the molecule is CCC[C@@H](C)Oc1ccc(-c2nc(-c3c(Cl)cccc3OCc3ccccn3)[nH]c(=O)n2)cc1. The van der Waals surface area contributed by atoms with Crippen LogP contribution in [-0.4, -0.2) is 26.0 Å². The van der Waals surface area contributed by atoms with E-state index in [1.807, 2.05) is 49.4 Å². The summed E-state index contributed by atoms with van der Waals surface area (Å²) >= 11 is 6.50. The summed E-state index contributed by atoms with van der Waals surface area (Å²) in [6.45, 7) is 4.41. The standard InChI is InChI=1S/C26H25ClN4O3/c1-3-7-17(2)34-20-13-11-18(12-14-20)24-29-25(31-26(32)30-24)23-21(27)9-6-10-22(23)33-16-19-8-4-5-15-28-19/h4-6,8-15,17H,3,7,16H2,1-2H3,(H,29,30,31,32)/t17-/m1/s1. The second-order valence-electron chi connectivity index (χ2n) is 7.79. The lowest BCUT2D eigenvalue weighted by Crippen LogP contribution is -2.15. The molecule has 8 heteroatoms. The van der Waals surface area contributed by atoms with Crippen molar-refractivity contribution in [3.8, 4) is 34.3 Å². The van der Waals surface area contributed by atoms with E-state index in [1.54, 1.807) is 24.4 Å². The van der Waals surface area contributed by atoms with Crippen molar-refractivity contribution >= 4 is 11.6 Å². The molecule has 2 aromatic heterocycles.